The molecular formula is C10H8F3NO5S. The number of rotatable bonds is 5. The number of hydrogen-bond acceptors (Lipinski definition) is 5. The molecule has 0 N–H and O–H groups in total. The van der Waals surface area contributed by atoms with Crippen molar-refractivity contribution in [2.45, 2.75) is 18.3 Å². The van der Waals surface area contributed by atoms with Crippen LogP contribution < -0.4 is 4.18 Å². The highest BCUT2D eigenvalue weighted by Gasteiger charge is 2.46. The lowest BCUT2D eigenvalue weighted by Crippen LogP contribution is -2.36. The Morgan fingerprint density at radius 1 is 1.45 bits per heavy atom. The molecule has 20 heavy (non-hydrogen) atoms. The van der Waals surface area contributed by atoms with Crippen molar-refractivity contribution >= 4 is 23.1 Å². The fraction of sp³-hybridized carbons (Fsp3) is 0.300. The van der Waals surface area contributed by atoms with Crippen molar-refractivity contribution in [2.24, 2.45) is 0 Å². The molecule has 0 aliphatic carbocycles. The summed E-state index contributed by atoms with van der Waals surface area (Å²) < 4.78 is 53.0. The number of aryl methyl sites for hydroxylation is 1. The summed E-state index contributed by atoms with van der Waals surface area (Å²) in [4.78, 5) is 20.3. The SMILES string of the molecule is Cc1cccc(OS(=O)C(C=O)C(F)(F)F)c1[N+](=O)[O-]. The molecule has 1 rings (SSSR count). The standard InChI is InChI=1S/C10H8F3NO5S/c1-6-3-2-4-7(9(6)14(16)17)19-20(18)8(5-15)10(11,12)13/h2-5,8H,1H3. The number of halogens is 3. The molecule has 10 heteroatoms. The van der Waals surface area contributed by atoms with E-state index in [1.807, 2.05) is 0 Å². The maximum absolute atomic E-state index is 12.4. The maximum atomic E-state index is 12.4. The average molecular weight is 311 g/mol. The molecule has 2 unspecified atom stereocenters. The summed E-state index contributed by atoms with van der Waals surface area (Å²) in [6, 6.07) is 3.63. The number of alkyl halides is 3. The molecule has 0 saturated heterocycles. The molecule has 0 aliphatic rings. The third-order valence-corrected chi connectivity index (χ3v) is 3.35. The number of hydrogen-bond donors (Lipinski definition) is 0. The molecule has 0 aliphatic heterocycles. The number of carbonyl (C=O) groups is 1. The quantitative estimate of drug-likeness (QED) is 0.472. The molecule has 0 spiro atoms. The minimum atomic E-state index is -5.06. The van der Waals surface area contributed by atoms with Gasteiger partial charge in [0.2, 0.25) is 22.1 Å². The highest BCUT2D eigenvalue weighted by molar-refractivity contribution is 7.82. The highest BCUT2D eigenvalue weighted by atomic mass is 32.2. The Balaban J connectivity index is 3.11. The summed E-state index contributed by atoms with van der Waals surface area (Å²) >= 11 is -3.11. The zero-order valence-electron chi connectivity index (χ0n) is 9.92. The molecule has 0 radical (unpaired) electrons. The number of benzene rings is 1. The van der Waals surface area contributed by atoms with E-state index < -0.39 is 45.2 Å². The van der Waals surface area contributed by atoms with Gasteiger partial charge in [-0.3, -0.25) is 10.1 Å². The van der Waals surface area contributed by atoms with Gasteiger partial charge < -0.3 is 8.98 Å². The van der Waals surface area contributed by atoms with Gasteiger partial charge in [0, 0.05) is 5.56 Å². The zero-order chi connectivity index (χ0) is 15.5. The first kappa shape index (κ1) is 16.1. The van der Waals surface area contributed by atoms with Gasteiger partial charge in [0.05, 0.1) is 4.92 Å². The molecule has 0 saturated carbocycles. The van der Waals surface area contributed by atoms with Crippen LogP contribution in [0.4, 0.5) is 18.9 Å². The Hall–Kier alpha value is -1.97. The van der Waals surface area contributed by atoms with Crippen molar-refractivity contribution in [1.29, 1.82) is 0 Å². The van der Waals surface area contributed by atoms with Gasteiger partial charge in [-0.2, -0.15) is 13.2 Å². The molecule has 0 bridgehead atoms. The highest BCUT2D eigenvalue weighted by Crippen LogP contribution is 2.32. The van der Waals surface area contributed by atoms with Crippen LogP contribution in [0.15, 0.2) is 18.2 Å². The second kappa shape index (κ2) is 5.99. The molecule has 1 aromatic carbocycles. The average Bonchev–Trinajstić information content (AvgIpc) is 2.26. The number of nitro benzene ring substituents is 1. The third-order valence-electron chi connectivity index (χ3n) is 2.21. The van der Waals surface area contributed by atoms with Crippen LogP contribution in [-0.4, -0.2) is 26.8 Å². The fourth-order valence-electron chi connectivity index (χ4n) is 1.31. The summed E-state index contributed by atoms with van der Waals surface area (Å²) in [7, 11) is 0. The first-order valence-corrected chi connectivity index (χ1v) is 6.17. The van der Waals surface area contributed by atoms with Crippen LogP contribution >= 0.6 is 0 Å². The summed E-state index contributed by atoms with van der Waals surface area (Å²) in [6.07, 6.45) is -5.64. The van der Waals surface area contributed by atoms with Gasteiger partial charge in [0.15, 0.2) is 0 Å². The minimum absolute atomic E-state index is 0.124. The first-order chi connectivity index (χ1) is 9.18. The molecule has 110 valence electrons. The van der Waals surface area contributed by atoms with Crippen molar-refractivity contribution < 1.29 is 31.3 Å². The lowest BCUT2D eigenvalue weighted by molar-refractivity contribution is -0.386. The zero-order valence-corrected chi connectivity index (χ0v) is 10.7. The Kier molecular flexibility index (Phi) is 4.82. The van der Waals surface area contributed by atoms with E-state index in [2.05, 4.69) is 4.18 Å². The van der Waals surface area contributed by atoms with Crippen LogP contribution in [0.5, 0.6) is 5.75 Å². The fourth-order valence-corrected chi connectivity index (χ4v) is 2.03. The van der Waals surface area contributed by atoms with Crippen LogP contribution in [-0.2, 0) is 15.9 Å². The Morgan fingerprint density at radius 2 is 2.05 bits per heavy atom. The van der Waals surface area contributed by atoms with Gasteiger partial charge in [-0.05, 0) is 13.0 Å². The van der Waals surface area contributed by atoms with Gasteiger partial charge in [-0.1, -0.05) is 12.1 Å². The molecule has 0 heterocycles. The second-order valence-corrected chi connectivity index (χ2v) is 4.82. The molecule has 0 fully saturated rings. The van der Waals surface area contributed by atoms with Crippen molar-refractivity contribution in [3.8, 4) is 5.75 Å². The topological polar surface area (TPSA) is 86.5 Å². The molecule has 0 aromatic heterocycles. The van der Waals surface area contributed by atoms with Crippen LogP contribution in [0, 0.1) is 17.0 Å². The van der Waals surface area contributed by atoms with Crippen molar-refractivity contribution in [1.82, 2.24) is 0 Å². The van der Waals surface area contributed by atoms with E-state index in [9.17, 15) is 32.3 Å². The van der Waals surface area contributed by atoms with Crippen molar-refractivity contribution in [3.63, 3.8) is 0 Å². The number of carbonyl (C=O) groups excluding carboxylic acids is 1. The number of nitro groups is 1. The summed E-state index contributed by atoms with van der Waals surface area (Å²) in [6.45, 7) is 1.34. The minimum Gasteiger partial charge on any atom is -0.392 e. The first-order valence-electron chi connectivity index (χ1n) is 5.03. The van der Waals surface area contributed by atoms with Crippen LogP contribution in [0.2, 0.25) is 0 Å². The van der Waals surface area contributed by atoms with E-state index in [4.69, 9.17) is 0 Å². The number of para-hydroxylation sites is 1. The van der Waals surface area contributed by atoms with E-state index in [0.717, 1.165) is 6.07 Å². The van der Waals surface area contributed by atoms with E-state index in [1.54, 1.807) is 0 Å². The smallest absolute Gasteiger partial charge is 0.392 e. The molecular weight excluding hydrogens is 303 g/mol. The lowest BCUT2D eigenvalue weighted by atomic mass is 10.2. The third kappa shape index (κ3) is 3.53. The van der Waals surface area contributed by atoms with Gasteiger partial charge >= 0.3 is 11.9 Å². The van der Waals surface area contributed by atoms with Crippen LogP contribution in [0.25, 0.3) is 0 Å². The van der Waals surface area contributed by atoms with E-state index in [-0.39, 0.29) is 5.56 Å². The Labute approximate surface area is 113 Å². The monoisotopic (exact) mass is 311 g/mol. The van der Waals surface area contributed by atoms with E-state index in [0.29, 0.717) is 0 Å². The van der Waals surface area contributed by atoms with E-state index >= 15 is 0 Å². The predicted molar refractivity (Wildman–Crippen MR) is 62.5 cm³/mol. The molecule has 0 amide bonds. The summed E-state index contributed by atoms with van der Waals surface area (Å²) in [5.41, 5.74) is -0.480. The van der Waals surface area contributed by atoms with Crippen molar-refractivity contribution in [3.05, 3.63) is 33.9 Å². The number of nitrogens with zero attached hydrogens (tertiary/aromatic N) is 1. The summed E-state index contributed by atoms with van der Waals surface area (Å²) in [5.74, 6) is -0.593. The van der Waals surface area contributed by atoms with Gasteiger partial charge in [0.25, 0.3) is 0 Å². The van der Waals surface area contributed by atoms with Crippen molar-refractivity contribution in [2.75, 3.05) is 0 Å². The Bertz CT molecular complexity index is 560. The maximum Gasteiger partial charge on any atom is 0.413 e. The Morgan fingerprint density at radius 3 is 2.50 bits per heavy atom. The van der Waals surface area contributed by atoms with Gasteiger partial charge in [0.1, 0.15) is 6.29 Å². The normalized spacial score (nSPS) is 14.4. The second-order valence-electron chi connectivity index (χ2n) is 3.62. The number of aldehydes is 1. The largest absolute Gasteiger partial charge is 0.413 e. The predicted octanol–water partition coefficient (Wildman–Crippen LogP) is 2.08. The van der Waals surface area contributed by atoms with Crippen LogP contribution in [0.1, 0.15) is 5.56 Å². The van der Waals surface area contributed by atoms with Gasteiger partial charge in [-0.15, -0.1) is 0 Å². The molecule has 2 atom stereocenters. The molecule has 6 nitrogen and oxygen atoms in total. The van der Waals surface area contributed by atoms with E-state index in [1.165, 1.54) is 19.1 Å². The van der Waals surface area contributed by atoms with Crippen LogP contribution in [0.3, 0.4) is 0 Å². The molecule has 1 aromatic rings. The van der Waals surface area contributed by atoms with Gasteiger partial charge in [-0.25, -0.2) is 4.21 Å². The lowest BCUT2D eigenvalue weighted by Gasteiger charge is -2.14. The summed E-state index contributed by atoms with van der Waals surface area (Å²) in [5, 5.41) is 7.92.